The van der Waals surface area contributed by atoms with Gasteiger partial charge in [-0.15, -0.1) is 11.6 Å². The lowest BCUT2D eigenvalue weighted by molar-refractivity contribution is 0.321. The number of hydrogen-bond donors (Lipinski definition) is 0. The summed E-state index contributed by atoms with van der Waals surface area (Å²) < 4.78 is 41.6. The Kier molecular flexibility index (Phi) is 5.21. The Morgan fingerprint density at radius 2 is 1.95 bits per heavy atom. The normalized spacial score (nSPS) is 12.5. The van der Waals surface area contributed by atoms with Crippen molar-refractivity contribution in [3.63, 3.8) is 0 Å². The molecule has 0 aliphatic carbocycles. The maximum Gasteiger partial charge on any atom is 0.165 e. The van der Waals surface area contributed by atoms with Crippen molar-refractivity contribution >= 4 is 21.4 Å². The molecule has 0 aliphatic heterocycles. The molecule has 0 aromatic heterocycles. The standard InChI is InChI=1S/C13H18ClFO3S/c1-13(2,3)19(16,17)7-6-18-12-5-4-10(9-14)8-11(12)15/h4-5,8H,6-7,9H2,1-3H3. The molecule has 108 valence electrons. The largest absolute Gasteiger partial charge is 0.489 e. The van der Waals surface area contributed by atoms with Crippen molar-refractivity contribution in [2.24, 2.45) is 0 Å². The molecule has 0 spiro atoms. The number of alkyl halides is 1. The molecule has 0 bridgehead atoms. The van der Waals surface area contributed by atoms with Gasteiger partial charge in [0.2, 0.25) is 0 Å². The van der Waals surface area contributed by atoms with Gasteiger partial charge in [-0.2, -0.15) is 0 Å². The Hall–Kier alpha value is -0.810. The first-order valence-electron chi connectivity index (χ1n) is 5.87. The number of rotatable bonds is 5. The van der Waals surface area contributed by atoms with Gasteiger partial charge in [-0.25, -0.2) is 12.8 Å². The summed E-state index contributed by atoms with van der Waals surface area (Å²) in [4.78, 5) is 0. The molecule has 0 amide bonds. The van der Waals surface area contributed by atoms with Gasteiger partial charge in [-0.05, 0) is 38.5 Å². The molecular formula is C13H18ClFO3S. The van der Waals surface area contributed by atoms with Crippen LogP contribution in [0.5, 0.6) is 5.75 Å². The van der Waals surface area contributed by atoms with Crippen LogP contribution in [0, 0.1) is 5.82 Å². The van der Waals surface area contributed by atoms with E-state index in [9.17, 15) is 12.8 Å². The highest BCUT2D eigenvalue weighted by molar-refractivity contribution is 7.92. The van der Waals surface area contributed by atoms with Gasteiger partial charge in [0.1, 0.15) is 6.61 Å². The lowest BCUT2D eigenvalue weighted by atomic mass is 10.2. The van der Waals surface area contributed by atoms with Gasteiger partial charge in [0, 0.05) is 5.88 Å². The average molecular weight is 309 g/mol. The van der Waals surface area contributed by atoms with Crippen LogP contribution < -0.4 is 4.74 Å². The first-order chi connectivity index (χ1) is 8.67. The zero-order chi connectivity index (χ0) is 14.7. The summed E-state index contributed by atoms with van der Waals surface area (Å²) in [5.74, 6) is -0.424. The fraction of sp³-hybridized carbons (Fsp3) is 0.538. The molecule has 3 nitrogen and oxygen atoms in total. The summed E-state index contributed by atoms with van der Waals surface area (Å²) in [6.07, 6.45) is 0. The van der Waals surface area contributed by atoms with E-state index in [1.165, 1.54) is 12.1 Å². The van der Waals surface area contributed by atoms with Gasteiger partial charge in [0.25, 0.3) is 0 Å². The molecule has 0 N–H and O–H groups in total. The maximum atomic E-state index is 13.6. The summed E-state index contributed by atoms with van der Waals surface area (Å²) in [5.41, 5.74) is 0.647. The summed E-state index contributed by atoms with van der Waals surface area (Å²) in [5, 5.41) is 0. The highest BCUT2D eigenvalue weighted by Crippen LogP contribution is 2.20. The van der Waals surface area contributed by atoms with Crippen LogP contribution in [0.3, 0.4) is 0 Å². The molecule has 0 fully saturated rings. The van der Waals surface area contributed by atoms with Gasteiger partial charge >= 0.3 is 0 Å². The fourth-order valence-corrected chi connectivity index (χ4v) is 2.39. The Balaban J connectivity index is 2.64. The van der Waals surface area contributed by atoms with Crippen molar-refractivity contribution in [3.8, 4) is 5.75 Å². The molecule has 0 heterocycles. The van der Waals surface area contributed by atoms with Crippen molar-refractivity contribution in [2.75, 3.05) is 12.4 Å². The smallest absolute Gasteiger partial charge is 0.165 e. The Morgan fingerprint density at radius 1 is 1.32 bits per heavy atom. The van der Waals surface area contributed by atoms with Crippen molar-refractivity contribution in [1.29, 1.82) is 0 Å². The first kappa shape index (κ1) is 16.2. The maximum absolute atomic E-state index is 13.6. The Morgan fingerprint density at radius 3 is 2.42 bits per heavy atom. The minimum Gasteiger partial charge on any atom is -0.489 e. The van der Waals surface area contributed by atoms with Gasteiger partial charge in [-0.1, -0.05) is 6.07 Å². The second-order valence-electron chi connectivity index (χ2n) is 5.18. The van der Waals surface area contributed by atoms with Crippen LogP contribution in [0.1, 0.15) is 26.3 Å². The zero-order valence-electron chi connectivity index (χ0n) is 11.2. The van der Waals surface area contributed by atoms with Gasteiger partial charge in [0.05, 0.1) is 10.5 Å². The third-order valence-corrected chi connectivity index (χ3v) is 5.57. The minimum atomic E-state index is -3.26. The molecule has 0 saturated heterocycles. The van der Waals surface area contributed by atoms with E-state index < -0.39 is 20.4 Å². The van der Waals surface area contributed by atoms with Gasteiger partial charge < -0.3 is 4.74 Å². The first-order valence-corrected chi connectivity index (χ1v) is 8.05. The van der Waals surface area contributed by atoms with Gasteiger partial charge in [0.15, 0.2) is 21.4 Å². The molecule has 1 aromatic carbocycles. The molecule has 0 saturated carbocycles. The zero-order valence-corrected chi connectivity index (χ0v) is 12.8. The van der Waals surface area contributed by atoms with E-state index in [-0.39, 0.29) is 24.0 Å². The van der Waals surface area contributed by atoms with E-state index in [0.717, 1.165) is 0 Å². The third kappa shape index (κ3) is 4.35. The highest BCUT2D eigenvalue weighted by Gasteiger charge is 2.28. The van der Waals surface area contributed by atoms with E-state index >= 15 is 0 Å². The SMILES string of the molecule is CC(C)(C)S(=O)(=O)CCOc1ccc(CCl)cc1F. The molecule has 0 radical (unpaired) electrons. The number of halogens is 2. The lowest BCUT2D eigenvalue weighted by Gasteiger charge is -2.19. The molecule has 1 aromatic rings. The van der Waals surface area contributed by atoms with Crippen LogP contribution in [-0.2, 0) is 15.7 Å². The Labute approximate surface area is 118 Å². The number of ether oxygens (including phenoxy) is 1. The van der Waals surface area contributed by atoms with Crippen molar-refractivity contribution in [2.45, 2.75) is 31.4 Å². The van der Waals surface area contributed by atoms with Crippen LogP contribution in [0.25, 0.3) is 0 Å². The monoisotopic (exact) mass is 308 g/mol. The van der Waals surface area contributed by atoms with Crippen LogP contribution in [-0.4, -0.2) is 25.5 Å². The number of hydrogen-bond acceptors (Lipinski definition) is 3. The minimum absolute atomic E-state index is 0.0398. The van der Waals surface area contributed by atoms with E-state index in [4.69, 9.17) is 16.3 Å². The summed E-state index contributed by atoms with van der Waals surface area (Å²) in [7, 11) is -3.26. The number of benzene rings is 1. The number of sulfone groups is 1. The average Bonchev–Trinajstić information content (AvgIpc) is 2.29. The summed E-state index contributed by atoms with van der Waals surface area (Å²) in [6.45, 7) is 4.80. The summed E-state index contributed by atoms with van der Waals surface area (Å²) >= 11 is 5.58. The second-order valence-corrected chi connectivity index (χ2v) is 8.31. The molecule has 0 atom stereocenters. The van der Waals surface area contributed by atoms with Crippen molar-refractivity contribution in [3.05, 3.63) is 29.6 Å². The van der Waals surface area contributed by atoms with Crippen LogP contribution in [0.15, 0.2) is 18.2 Å². The predicted octanol–water partition coefficient (Wildman–Crippen LogP) is 3.16. The van der Waals surface area contributed by atoms with Gasteiger partial charge in [-0.3, -0.25) is 0 Å². The Bertz CT molecular complexity index is 535. The van der Waals surface area contributed by atoms with E-state index in [1.54, 1.807) is 26.8 Å². The topological polar surface area (TPSA) is 43.4 Å². The quantitative estimate of drug-likeness (QED) is 0.785. The van der Waals surface area contributed by atoms with Crippen LogP contribution >= 0.6 is 11.6 Å². The van der Waals surface area contributed by atoms with E-state index in [1.807, 2.05) is 0 Å². The highest BCUT2D eigenvalue weighted by atomic mass is 35.5. The van der Waals surface area contributed by atoms with Crippen LogP contribution in [0.2, 0.25) is 0 Å². The van der Waals surface area contributed by atoms with Crippen molar-refractivity contribution in [1.82, 2.24) is 0 Å². The predicted molar refractivity (Wildman–Crippen MR) is 75.0 cm³/mol. The molecule has 0 aliphatic rings. The third-order valence-electron chi connectivity index (χ3n) is 2.69. The molecule has 19 heavy (non-hydrogen) atoms. The molecule has 6 heteroatoms. The molecule has 0 unspecified atom stereocenters. The lowest BCUT2D eigenvalue weighted by Crippen LogP contribution is -2.32. The molecule has 1 rings (SSSR count). The van der Waals surface area contributed by atoms with Crippen molar-refractivity contribution < 1.29 is 17.5 Å². The van der Waals surface area contributed by atoms with E-state index in [0.29, 0.717) is 5.56 Å². The van der Waals surface area contributed by atoms with Crippen LogP contribution in [0.4, 0.5) is 4.39 Å². The fourth-order valence-electron chi connectivity index (χ4n) is 1.31. The second kappa shape index (κ2) is 6.09. The summed E-state index contributed by atoms with van der Waals surface area (Å²) in [6, 6.07) is 4.38. The molecular weight excluding hydrogens is 291 g/mol. The van der Waals surface area contributed by atoms with E-state index in [2.05, 4.69) is 0 Å².